The number of hydrogen-bond acceptors (Lipinski definition) is 1. The molecule has 0 unspecified atom stereocenters. The van der Waals surface area contributed by atoms with Crippen molar-refractivity contribution in [3.05, 3.63) is 40.6 Å². The molecule has 0 aliphatic carbocycles. The lowest BCUT2D eigenvalue weighted by Crippen LogP contribution is -2.08. The average molecular weight is 276 g/mol. The predicted molar refractivity (Wildman–Crippen MR) is 54.4 cm³/mol. The molecule has 5 heteroatoms. The fourth-order valence-corrected chi connectivity index (χ4v) is 2.01. The highest BCUT2D eigenvalue weighted by Crippen LogP contribution is 2.36. The summed E-state index contributed by atoms with van der Waals surface area (Å²) in [7, 11) is 0. The molecule has 0 aliphatic heterocycles. The molecule has 0 saturated heterocycles. The van der Waals surface area contributed by atoms with E-state index in [1.54, 1.807) is 24.3 Å². The average Bonchev–Trinajstić information content (AvgIpc) is 2.16. The Morgan fingerprint density at radius 2 is 1.80 bits per heavy atom. The molecule has 0 fully saturated rings. The number of aromatic nitrogens is 1. The van der Waals surface area contributed by atoms with Crippen LogP contribution >= 0.6 is 15.9 Å². The fourth-order valence-electron chi connectivity index (χ4n) is 1.33. The van der Waals surface area contributed by atoms with E-state index in [9.17, 15) is 13.2 Å². The van der Waals surface area contributed by atoms with Crippen LogP contribution in [-0.2, 0) is 6.18 Å². The third-order valence-electron chi connectivity index (χ3n) is 2.01. The number of fused-ring (bicyclic) bond motifs is 1. The summed E-state index contributed by atoms with van der Waals surface area (Å²) in [6, 6.07) is 6.78. The minimum atomic E-state index is -4.43. The van der Waals surface area contributed by atoms with Crippen molar-refractivity contribution >= 4 is 26.7 Å². The molecule has 78 valence electrons. The maximum absolute atomic E-state index is 12.5. The molecule has 1 aromatic carbocycles. The normalized spacial score (nSPS) is 12.0. The van der Waals surface area contributed by atoms with Gasteiger partial charge in [0.25, 0.3) is 0 Å². The zero-order valence-electron chi connectivity index (χ0n) is 7.35. The molecule has 0 radical (unpaired) electrons. The minimum absolute atomic E-state index is 0.00639. The third-order valence-corrected chi connectivity index (χ3v) is 2.81. The summed E-state index contributed by atoms with van der Waals surface area (Å²) in [5.74, 6) is 0. The van der Waals surface area contributed by atoms with Gasteiger partial charge in [-0.15, -0.1) is 0 Å². The third kappa shape index (κ3) is 1.84. The first-order valence-corrected chi connectivity index (χ1v) is 4.90. The second-order valence-electron chi connectivity index (χ2n) is 3.01. The van der Waals surface area contributed by atoms with Gasteiger partial charge >= 0.3 is 6.18 Å². The fraction of sp³-hybridized carbons (Fsp3) is 0.100. The van der Waals surface area contributed by atoms with Crippen LogP contribution in [0.3, 0.4) is 0 Å². The summed E-state index contributed by atoms with van der Waals surface area (Å²) in [5.41, 5.74) is -0.888. The van der Waals surface area contributed by atoms with Crippen LogP contribution in [0.25, 0.3) is 10.8 Å². The Hall–Kier alpha value is -1.10. The van der Waals surface area contributed by atoms with Gasteiger partial charge in [0.05, 0.1) is 4.47 Å². The van der Waals surface area contributed by atoms with Crippen molar-refractivity contribution in [3.8, 4) is 0 Å². The standard InChI is InChI=1S/C10H5BrF3N/c11-8-7-4-2-1-3-6(7)5-15-9(8)10(12,13)14/h1-5H. The zero-order valence-corrected chi connectivity index (χ0v) is 8.93. The molecule has 0 N–H and O–H groups in total. The molecule has 15 heavy (non-hydrogen) atoms. The maximum Gasteiger partial charge on any atom is 0.434 e. The quantitative estimate of drug-likeness (QED) is 0.708. The Bertz CT molecular complexity index is 507. The van der Waals surface area contributed by atoms with Gasteiger partial charge in [-0.25, -0.2) is 0 Å². The van der Waals surface area contributed by atoms with Crippen molar-refractivity contribution in [1.82, 2.24) is 4.98 Å². The van der Waals surface area contributed by atoms with Crippen molar-refractivity contribution in [2.75, 3.05) is 0 Å². The Morgan fingerprint density at radius 1 is 1.13 bits per heavy atom. The van der Waals surface area contributed by atoms with Crippen LogP contribution in [-0.4, -0.2) is 4.98 Å². The Balaban J connectivity index is 2.76. The number of alkyl halides is 3. The van der Waals surface area contributed by atoms with Crippen molar-refractivity contribution in [2.24, 2.45) is 0 Å². The van der Waals surface area contributed by atoms with Crippen molar-refractivity contribution < 1.29 is 13.2 Å². The first-order chi connectivity index (χ1) is 7.00. The summed E-state index contributed by atoms with van der Waals surface area (Å²) in [4.78, 5) is 3.41. The monoisotopic (exact) mass is 275 g/mol. The lowest BCUT2D eigenvalue weighted by molar-refractivity contribution is -0.141. The molecule has 0 amide bonds. The van der Waals surface area contributed by atoms with Crippen molar-refractivity contribution in [1.29, 1.82) is 0 Å². The van der Waals surface area contributed by atoms with Gasteiger partial charge in [-0.1, -0.05) is 24.3 Å². The molecule has 1 aromatic heterocycles. The van der Waals surface area contributed by atoms with Crippen LogP contribution in [0.5, 0.6) is 0 Å². The molecular weight excluding hydrogens is 271 g/mol. The Morgan fingerprint density at radius 3 is 2.47 bits per heavy atom. The molecular formula is C10H5BrF3N. The van der Waals surface area contributed by atoms with E-state index in [0.717, 1.165) is 0 Å². The molecule has 0 spiro atoms. The van der Waals surface area contributed by atoms with Gasteiger partial charge in [0.2, 0.25) is 0 Å². The van der Waals surface area contributed by atoms with Gasteiger partial charge in [-0.05, 0) is 21.3 Å². The molecule has 1 nitrogen and oxygen atoms in total. The molecule has 0 aliphatic rings. The number of hydrogen-bond donors (Lipinski definition) is 0. The highest BCUT2D eigenvalue weighted by atomic mass is 79.9. The van der Waals surface area contributed by atoms with Gasteiger partial charge in [0.1, 0.15) is 0 Å². The van der Waals surface area contributed by atoms with E-state index in [-0.39, 0.29) is 4.47 Å². The first-order valence-electron chi connectivity index (χ1n) is 4.10. The molecule has 2 aromatic rings. The summed E-state index contributed by atoms with van der Waals surface area (Å²) >= 11 is 2.94. The van der Waals surface area contributed by atoms with Crippen LogP contribution < -0.4 is 0 Å². The summed E-state index contributed by atoms with van der Waals surface area (Å²) in [6.07, 6.45) is -3.20. The number of rotatable bonds is 0. The molecule has 0 atom stereocenters. The van der Waals surface area contributed by atoms with Gasteiger partial charge in [0, 0.05) is 11.6 Å². The van der Waals surface area contributed by atoms with Crippen molar-refractivity contribution in [3.63, 3.8) is 0 Å². The second kappa shape index (κ2) is 3.48. The van der Waals surface area contributed by atoms with E-state index in [0.29, 0.717) is 10.8 Å². The van der Waals surface area contributed by atoms with Gasteiger partial charge in [0.15, 0.2) is 5.69 Å². The zero-order chi connectivity index (χ0) is 11.1. The lowest BCUT2D eigenvalue weighted by atomic mass is 10.1. The summed E-state index contributed by atoms with van der Waals surface area (Å²) in [5, 5.41) is 1.19. The Kier molecular flexibility index (Phi) is 2.42. The number of pyridine rings is 1. The van der Waals surface area contributed by atoms with Gasteiger partial charge in [-0.2, -0.15) is 13.2 Å². The van der Waals surface area contributed by atoms with E-state index in [2.05, 4.69) is 20.9 Å². The van der Waals surface area contributed by atoms with Gasteiger partial charge in [-0.3, -0.25) is 4.98 Å². The molecule has 1 heterocycles. The molecule has 0 saturated carbocycles. The van der Waals surface area contributed by atoms with E-state index >= 15 is 0 Å². The summed E-state index contributed by atoms with van der Waals surface area (Å²) < 4.78 is 37.4. The van der Waals surface area contributed by atoms with Crippen LogP contribution in [0.15, 0.2) is 34.9 Å². The number of nitrogens with zero attached hydrogens (tertiary/aromatic N) is 1. The summed E-state index contributed by atoms with van der Waals surface area (Å²) in [6.45, 7) is 0. The smallest absolute Gasteiger partial charge is 0.250 e. The highest BCUT2D eigenvalue weighted by molar-refractivity contribution is 9.10. The number of halogens is 4. The van der Waals surface area contributed by atoms with E-state index in [1.165, 1.54) is 6.20 Å². The van der Waals surface area contributed by atoms with Crippen molar-refractivity contribution in [2.45, 2.75) is 6.18 Å². The SMILES string of the molecule is FC(F)(F)c1ncc2ccccc2c1Br. The van der Waals surface area contributed by atoms with Crippen LogP contribution in [0, 0.1) is 0 Å². The van der Waals surface area contributed by atoms with E-state index < -0.39 is 11.9 Å². The Labute approximate surface area is 92.1 Å². The minimum Gasteiger partial charge on any atom is -0.250 e. The highest BCUT2D eigenvalue weighted by Gasteiger charge is 2.35. The maximum atomic E-state index is 12.5. The molecule has 2 rings (SSSR count). The second-order valence-corrected chi connectivity index (χ2v) is 3.80. The van der Waals surface area contributed by atoms with Crippen LogP contribution in [0.1, 0.15) is 5.69 Å². The van der Waals surface area contributed by atoms with E-state index in [1.807, 2.05) is 0 Å². The largest absolute Gasteiger partial charge is 0.434 e. The van der Waals surface area contributed by atoms with E-state index in [4.69, 9.17) is 0 Å². The van der Waals surface area contributed by atoms with Crippen LogP contribution in [0.4, 0.5) is 13.2 Å². The predicted octanol–water partition coefficient (Wildman–Crippen LogP) is 4.02. The number of benzene rings is 1. The van der Waals surface area contributed by atoms with Gasteiger partial charge < -0.3 is 0 Å². The molecule has 0 bridgehead atoms. The lowest BCUT2D eigenvalue weighted by Gasteiger charge is -2.09. The first kappa shape index (κ1) is 10.4. The van der Waals surface area contributed by atoms with Crippen LogP contribution in [0.2, 0.25) is 0 Å². The topological polar surface area (TPSA) is 12.9 Å².